The Balaban J connectivity index is 2.11. The van der Waals surface area contributed by atoms with E-state index >= 15 is 0 Å². The van der Waals surface area contributed by atoms with Crippen LogP contribution in [0.1, 0.15) is 40.0 Å². The smallest absolute Gasteiger partial charge is 0.187 e. The van der Waals surface area contributed by atoms with Crippen LogP contribution >= 0.6 is 0 Å². The highest BCUT2D eigenvalue weighted by atomic mass is 16.7. The summed E-state index contributed by atoms with van der Waals surface area (Å²) >= 11 is 0. The first-order valence-electron chi connectivity index (χ1n) is 8.38. The summed E-state index contributed by atoms with van der Waals surface area (Å²) in [5.74, 6) is -0.104. The molecule has 8 atom stereocenters. The minimum absolute atomic E-state index is 0.104. The molecule has 1 saturated heterocycles. The Morgan fingerprint density at radius 3 is 2.33 bits per heavy atom. The van der Waals surface area contributed by atoms with Gasteiger partial charge in [-0.05, 0) is 46.0 Å². The van der Waals surface area contributed by atoms with Crippen LogP contribution < -0.4 is 0 Å². The molecule has 0 spiro atoms. The third-order valence-electron chi connectivity index (χ3n) is 5.34. The van der Waals surface area contributed by atoms with Gasteiger partial charge in [-0.1, -0.05) is 0 Å². The Bertz CT molecular complexity index is 419. The van der Waals surface area contributed by atoms with Crippen LogP contribution in [-0.2, 0) is 9.47 Å². The molecule has 0 aromatic carbocycles. The van der Waals surface area contributed by atoms with Gasteiger partial charge >= 0.3 is 0 Å². The van der Waals surface area contributed by atoms with Crippen molar-refractivity contribution in [2.24, 2.45) is 5.92 Å². The molecule has 2 fully saturated rings. The van der Waals surface area contributed by atoms with Crippen LogP contribution in [0.5, 0.6) is 0 Å². The molecule has 8 unspecified atom stereocenters. The van der Waals surface area contributed by atoms with E-state index in [1.165, 1.54) is 0 Å². The lowest BCUT2D eigenvalue weighted by Gasteiger charge is -2.47. The largest absolute Gasteiger partial charge is 0.394 e. The van der Waals surface area contributed by atoms with Crippen LogP contribution in [0, 0.1) is 5.92 Å². The van der Waals surface area contributed by atoms with E-state index in [9.17, 15) is 30.6 Å². The van der Waals surface area contributed by atoms with Crippen LogP contribution in [0.25, 0.3) is 0 Å². The van der Waals surface area contributed by atoms with Gasteiger partial charge in [-0.3, -0.25) is 0 Å². The van der Waals surface area contributed by atoms with Crippen molar-refractivity contribution >= 4 is 0 Å². The summed E-state index contributed by atoms with van der Waals surface area (Å²) in [5.41, 5.74) is -2.12. The predicted molar refractivity (Wildman–Crippen MR) is 82.9 cm³/mol. The summed E-state index contributed by atoms with van der Waals surface area (Å²) in [6.45, 7) is 4.46. The summed E-state index contributed by atoms with van der Waals surface area (Å²) < 4.78 is 11.1. The van der Waals surface area contributed by atoms with E-state index in [1.54, 1.807) is 20.8 Å². The lowest BCUT2D eigenvalue weighted by molar-refractivity contribution is -0.328. The minimum atomic E-state index is -1.53. The maximum atomic E-state index is 10.6. The number of rotatable bonds is 4. The molecule has 1 aliphatic carbocycles. The minimum Gasteiger partial charge on any atom is -0.394 e. The Kier molecular flexibility index (Phi) is 5.94. The molecule has 1 aliphatic heterocycles. The molecular weight excluding hydrogens is 320 g/mol. The molecule has 24 heavy (non-hydrogen) atoms. The molecule has 8 heteroatoms. The average Bonchev–Trinajstić information content (AvgIpc) is 2.48. The lowest BCUT2D eigenvalue weighted by atomic mass is 9.71. The molecular formula is C16H30O8. The maximum absolute atomic E-state index is 10.6. The van der Waals surface area contributed by atoms with Gasteiger partial charge in [-0.2, -0.15) is 0 Å². The summed E-state index contributed by atoms with van der Waals surface area (Å²) in [7, 11) is 0. The molecule has 142 valence electrons. The highest BCUT2D eigenvalue weighted by Gasteiger charge is 2.49. The van der Waals surface area contributed by atoms with E-state index in [2.05, 4.69) is 0 Å². The van der Waals surface area contributed by atoms with E-state index in [1.807, 2.05) is 0 Å². The molecule has 1 saturated carbocycles. The van der Waals surface area contributed by atoms with Gasteiger partial charge < -0.3 is 40.1 Å². The molecule has 0 amide bonds. The fourth-order valence-corrected chi connectivity index (χ4v) is 3.44. The molecule has 2 rings (SSSR count). The van der Waals surface area contributed by atoms with Gasteiger partial charge in [-0.25, -0.2) is 0 Å². The second kappa shape index (κ2) is 7.13. The Labute approximate surface area is 141 Å². The van der Waals surface area contributed by atoms with Crippen LogP contribution in [0.2, 0.25) is 0 Å². The van der Waals surface area contributed by atoms with E-state index in [-0.39, 0.29) is 5.92 Å². The van der Waals surface area contributed by atoms with Gasteiger partial charge in [0.05, 0.1) is 23.9 Å². The quantitative estimate of drug-likeness (QED) is 0.360. The van der Waals surface area contributed by atoms with Crippen molar-refractivity contribution in [2.45, 2.75) is 88.0 Å². The van der Waals surface area contributed by atoms with Crippen molar-refractivity contribution in [1.82, 2.24) is 0 Å². The topological polar surface area (TPSA) is 140 Å². The van der Waals surface area contributed by atoms with E-state index in [0.29, 0.717) is 19.3 Å². The van der Waals surface area contributed by atoms with Crippen molar-refractivity contribution in [3.05, 3.63) is 0 Å². The summed E-state index contributed by atoms with van der Waals surface area (Å²) in [6, 6.07) is 0. The summed E-state index contributed by atoms with van der Waals surface area (Å²) in [4.78, 5) is 0. The third kappa shape index (κ3) is 4.08. The van der Waals surface area contributed by atoms with Gasteiger partial charge in [0.1, 0.15) is 24.4 Å². The van der Waals surface area contributed by atoms with Crippen LogP contribution in [0.4, 0.5) is 0 Å². The number of aliphatic hydroxyl groups excluding tert-OH is 4. The zero-order valence-corrected chi connectivity index (χ0v) is 14.4. The van der Waals surface area contributed by atoms with E-state index < -0.39 is 54.6 Å². The number of hydrogen-bond donors (Lipinski definition) is 6. The monoisotopic (exact) mass is 350 g/mol. The third-order valence-corrected chi connectivity index (χ3v) is 5.34. The zero-order chi connectivity index (χ0) is 18.3. The van der Waals surface area contributed by atoms with Crippen molar-refractivity contribution in [3.63, 3.8) is 0 Å². The Hall–Kier alpha value is -0.320. The first-order valence-corrected chi connectivity index (χ1v) is 8.38. The predicted octanol–water partition coefficient (Wildman–Crippen LogP) is -1.51. The lowest BCUT2D eigenvalue weighted by Crippen LogP contribution is -2.61. The Morgan fingerprint density at radius 1 is 1.17 bits per heavy atom. The highest BCUT2D eigenvalue weighted by molar-refractivity contribution is 4.96. The molecule has 8 nitrogen and oxygen atoms in total. The van der Waals surface area contributed by atoms with Crippen molar-refractivity contribution in [2.75, 3.05) is 6.61 Å². The molecule has 2 aliphatic rings. The molecule has 0 radical (unpaired) electrons. The standard InChI is InChI=1S/C16H30O8/c1-15(2,21)8-4-5-16(3,22)10(6-8)24-14-13(20)12(19)11(18)9(7-17)23-14/h8-14,17-22H,4-7H2,1-3H3. The second-order valence-electron chi connectivity index (χ2n) is 7.80. The summed E-state index contributed by atoms with van der Waals surface area (Å²) in [5, 5.41) is 59.7. The van der Waals surface area contributed by atoms with Crippen molar-refractivity contribution in [3.8, 4) is 0 Å². The van der Waals surface area contributed by atoms with Gasteiger partial charge in [0.2, 0.25) is 0 Å². The van der Waals surface area contributed by atoms with Crippen LogP contribution in [0.15, 0.2) is 0 Å². The maximum Gasteiger partial charge on any atom is 0.187 e. The first-order chi connectivity index (χ1) is 11.0. The fourth-order valence-electron chi connectivity index (χ4n) is 3.44. The molecule has 1 heterocycles. The molecule has 0 aromatic rings. The van der Waals surface area contributed by atoms with E-state index in [0.717, 1.165) is 0 Å². The number of aliphatic hydroxyl groups is 6. The van der Waals surface area contributed by atoms with Crippen molar-refractivity contribution < 1.29 is 40.1 Å². The molecule has 6 N–H and O–H groups in total. The van der Waals surface area contributed by atoms with Crippen LogP contribution in [-0.4, -0.2) is 85.3 Å². The number of ether oxygens (including phenoxy) is 2. The van der Waals surface area contributed by atoms with Gasteiger partial charge in [-0.15, -0.1) is 0 Å². The van der Waals surface area contributed by atoms with Gasteiger partial charge in [0, 0.05) is 0 Å². The van der Waals surface area contributed by atoms with Gasteiger partial charge in [0.25, 0.3) is 0 Å². The Morgan fingerprint density at radius 2 is 1.79 bits per heavy atom. The number of hydrogen-bond acceptors (Lipinski definition) is 8. The van der Waals surface area contributed by atoms with Crippen molar-refractivity contribution in [1.29, 1.82) is 0 Å². The van der Waals surface area contributed by atoms with Gasteiger partial charge in [0.15, 0.2) is 6.29 Å². The second-order valence-corrected chi connectivity index (χ2v) is 7.80. The van der Waals surface area contributed by atoms with E-state index in [4.69, 9.17) is 9.47 Å². The molecule has 0 bridgehead atoms. The van der Waals surface area contributed by atoms with Crippen LogP contribution in [0.3, 0.4) is 0 Å². The normalized spacial score (nSPS) is 47.6. The molecule has 0 aromatic heterocycles. The fraction of sp³-hybridized carbons (Fsp3) is 1.00. The SMILES string of the molecule is CC(C)(O)C1CCC(C)(O)C(OC2OC(CO)C(O)C(O)C2O)C1. The first kappa shape index (κ1) is 20.0. The zero-order valence-electron chi connectivity index (χ0n) is 14.4. The average molecular weight is 350 g/mol. The summed E-state index contributed by atoms with van der Waals surface area (Å²) in [6.07, 6.45) is -6.20. The highest BCUT2D eigenvalue weighted by Crippen LogP contribution is 2.40.